The summed E-state index contributed by atoms with van der Waals surface area (Å²) in [5.74, 6) is 1.14. The van der Waals surface area contributed by atoms with E-state index in [1.807, 2.05) is 6.07 Å². The van der Waals surface area contributed by atoms with Crippen LogP contribution in [-0.2, 0) is 16.6 Å². The minimum atomic E-state index is 0.103. The molecule has 1 saturated heterocycles. The molecule has 3 aliphatic rings. The summed E-state index contributed by atoms with van der Waals surface area (Å²) in [4.78, 5) is 2.63. The van der Waals surface area contributed by atoms with Crippen LogP contribution < -0.4 is 0 Å². The van der Waals surface area contributed by atoms with Crippen molar-refractivity contribution in [2.24, 2.45) is 5.92 Å². The molecule has 0 amide bonds. The summed E-state index contributed by atoms with van der Waals surface area (Å²) < 4.78 is 5.52. The van der Waals surface area contributed by atoms with Gasteiger partial charge in [0.25, 0.3) is 0 Å². The second-order valence-corrected chi connectivity index (χ2v) is 7.74. The van der Waals surface area contributed by atoms with Gasteiger partial charge in [0.1, 0.15) is 5.75 Å². The van der Waals surface area contributed by atoms with Crippen LogP contribution in [0.1, 0.15) is 43.2 Å². The van der Waals surface area contributed by atoms with Crippen LogP contribution in [0.2, 0.25) is 0 Å². The fourth-order valence-corrected chi connectivity index (χ4v) is 5.70. The molecule has 3 atom stereocenters. The average Bonchev–Trinajstić information content (AvgIpc) is 2.61. The lowest BCUT2D eigenvalue weighted by Gasteiger charge is -2.59. The molecule has 0 unspecified atom stereocenters. The number of rotatable bonds is 5. The summed E-state index contributed by atoms with van der Waals surface area (Å²) in [5.41, 5.74) is 3.18. The van der Waals surface area contributed by atoms with E-state index in [2.05, 4.69) is 17.0 Å². The Kier molecular flexibility index (Phi) is 4.54. The van der Waals surface area contributed by atoms with Gasteiger partial charge in [0.15, 0.2) is 0 Å². The molecular weight excluding hydrogens is 302 g/mol. The first-order valence-electron chi connectivity index (χ1n) is 9.50. The Morgan fingerprint density at radius 2 is 2.12 bits per heavy atom. The van der Waals surface area contributed by atoms with Crippen molar-refractivity contribution in [2.45, 2.75) is 50.0 Å². The highest BCUT2D eigenvalue weighted by Crippen LogP contribution is 2.56. The smallest absolute Gasteiger partial charge is 0.115 e. The van der Waals surface area contributed by atoms with Crippen LogP contribution in [0.4, 0.5) is 0 Å². The largest absolute Gasteiger partial charge is 0.508 e. The fraction of sp³-hybridized carbons (Fsp3) is 0.700. The SMILES string of the molecule is OCCOCCN1CC[C@]23CCCC[C@H]2[C@H]1Cc1ccc(O)cc13. The van der Waals surface area contributed by atoms with Gasteiger partial charge in [0.05, 0.1) is 19.8 Å². The fourth-order valence-electron chi connectivity index (χ4n) is 5.70. The van der Waals surface area contributed by atoms with Crippen molar-refractivity contribution in [2.75, 3.05) is 32.9 Å². The number of benzene rings is 1. The van der Waals surface area contributed by atoms with Crippen LogP contribution in [0.25, 0.3) is 0 Å². The maximum absolute atomic E-state index is 10.0. The van der Waals surface area contributed by atoms with Crippen molar-refractivity contribution in [3.05, 3.63) is 29.3 Å². The zero-order chi connectivity index (χ0) is 16.6. The lowest BCUT2D eigenvalue weighted by atomic mass is 9.52. The van der Waals surface area contributed by atoms with Crippen LogP contribution in [0.3, 0.4) is 0 Å². The van der Waals surface area contributed by atoms with E-state index < -0.39 is 0 Å². The molecule has 1 aliphatic heterocycles. The molecule has 24 heavy (non-hydrogen) atoms. The molecule has 2 bridgehead atoms. The number of aliphatic hydroxyl groups is 1. The summed E-state index contributed by atoms with van der Waals surface area (Å²) in [7, 11) is 0. The highest BCUT2D eigenvalue weighted by atomic mass is 16.5. The molecule has 0 spiro atoms. The summed E-state index contributed by atoms with van der Waals surface area (Å²) >= 11 is 0. The molecule has 1 saturated carbocycles. The van der Waals surface area contributed by atoms with E-state index in [1.54, 1.807) is 0 Å². The van der Waals surface area contributed by atoms with Crippen LogP contribution >= 0.6 is 0 Å². The van der Waals surface area contributed by atoms with E-state index in [9.17, 15) is 5.11 Å². The number of hydrogen-bond acceptors (Lipinski definition) is 4. The first-order valence-corrected chi connectivity index (χ1v) is 9.50. The third-order valence-corrected chi connectivity index (χ3v) is 6.69. The number of likely N-dealkylation sites (tertiary alicyclic amines) is 1. The molecule has 1 heterocycles. The summed E-state index contributed by atoms with van der Waals surface area (Å²) in [6.07, 6.45) is 7.55. The predicted octanol–water partition coefficient (Wildman–Crippen LogP) is 2.46. The van der Waals surface area contributed by atoms with Gasteiger partial charge in [-0.05, 0) is 61.4 Å². The molecule has 1 aromatic carbocycles. The Labute approximate surface area is 144 Å². The lowest BCUT2D eigenvalue weighted by Crippen LogP contribution is -2.61. The molecule has 1 aromatic rings. The van der Waals surface area contributed by atoms with E-state index in [0.717, 1.165) is 19.5 Å². The van der Waals surface area contributed by atoms with Crippen LogP contribution in [0.15, 0.2) is 18.2 Å². The molecular formula is C20H29NO3. The molecule has 132 valence electrons. The van der Waals surface area contributed by atoms with Gasteiger partial charge < -0.3 is 14.9 Å². The van der Waals surface area contributed by atoms with Gasteiger partial charge in [-0.2, -0.15) is 0 Å². The van der Waals surface area contributed by atoms with Gasteiger partial charge >= 0.3 is 0 Å². The molecule has 2 N–H and O–H groups in total. The molecule has 2 fully saturated rings. The van der Waals surface area contributed by atoms with Crippen molar-refractivity contribution in [3.8, 4) is 5.75 Å². The Morgan fingerprint density at radius 1 is 1.21 bits per heavy atom. The van der Waals surface area contributed by atoms with Crippen LogP contribution in [-0.4, -0.2) is 54.1 Å². The Balaban J connectivity index is 1.61. The van der Waals surface area contributed by atoms with Crippen LogP contribution in [0, 0.1) is 5.92 Å². The van der Waals surface area contributed by atoms with E-state index in [0.29, 0.717) is 30.9 Å². The highest BCUT2D eigenvalue weighted by molar-refractivity contribution is 5.45. The number of nitrogens with zero attached hydrogens (tertiary/aromatic N) is 1. The van der Waals surface area contributed by atoms with Gasteiger partial charge in [0.2, 0.25) is 0 Å². The quantitative estimate of drug-likeness (QED) is 0.814. The summed E-state index contributed by atoms with van der Waals surface area (Å²) in [5, 5.41) is 18.9. The Morgan fingerprint density at radius 3 is 3.00 bits per heavy atom. The average molecular weight is 331 g/mol. The van der Waals surface area contributed by atoms with Gasteiger partial charge in [-0.25, -0.2) is 0 Å². The first kappa shape index (κ1) is 16.4. The number of ether oxygens (including phenoxy) is 1. The normalized spacial score (nSPS) is 32.2. The van der Waals surface area contributed by atoms with E-state index in [-0.39, 0.29) is 12.0 Å². The van der Waals surface area contributed by atoms with Gasteiger partial charge in [-0.1, -0.05) is 18.9 Å². The topological polar surface area (TPSA) is 52.9 Å². The molecule has 4 heteroatoms. The predicted molar refractivity (Wildman–Crippen MR) is 93.3 cm³/mol. The number of phenols is 1. The standard InChI is InChI=1S/C20H29NO3/c22-10-12-24-11-9-21-8-7-20-6-2-1-3-17(20)19(21)13-15-4-5-16(23)14-18(15)20/h4-5,14,17,19,22-23H,1-3,6-13H2/t17-,19+,20+/m0/s1. The minimum absolute atomic E-state index is 0.103. The number of fused-ring (bicyclic) bond motifs is 1. The second-order valence-electron chi connectivity index (χ2n) is 7.74. The Hall–Kier alpha value is -1.10. The van der Waals surface area contributed by atoms with Crippen molar-refractivity contribution in [1.82, 2.24) is 4.90 Å². The summed E-state index contributed by atoms with van der Waals surface area (Å²) in [6, 6.07) is 6.66. The summed E-state index contributed by atoms with van der Waals surface area (Å²) in [6.45, 7) is 3.34. The second kappa shape index (κ2) is 6.66. The minimum Gasteiger partial charge on any atom is -0.508 e. The van der Waals surface area contributed by atoms with Crippen molar-refractivity contribution >= 4 is 0 Å². The highest BCUT2D eigenvalue weighted by Gasteiger charge is 2.53. The molecule has 2 aliphatic carbocycles. The maximum Gasteiger partial charge on any atom is 0.115 e. The molecule has 0 aromatic heterocycles. The zero-order valence-electron chi connectivity index (χ0n) is 14.4. The molecule has 0 radical (unpaired) electrons. The number of phenolic OH excluding ortho intramolecular Hbond substituents is 1. The number of piperidine rings is 1. The molecule has 4 nitrogen and oxygen atoms in total. The van der Waals surface area contributed by atoms with E-state index in [4.69, 9.17) is 9.84 Å². The van der Waals surface area contributed by atoms with Gasteiger partial charge in [0, 0.05) is 18.0 Å². The molecule has 4 rings (SSSR count). The monoisotopic (exact) mass is 331 g/mol. The first-order chi connectivity index (χ1) is 11.7. The van der Waals surface area contributed by atoms with Crippen molar-refractivity contribution in [3.63, 3.8) is 0 Å². The number of aliphatic hydroxyl groups excluding tert-OH is 1. The van der Waals surface area contributed by atoms with Gasteiger partial charge in [-0.3, -0.25) is 4.90 Å². The van der Waals surface area contributed by atoms with Crippen molar-refractivity contribution < 1.29 is 14.9 Å². The van der Waals surface area contributed by atoms with E-state index in [1.165, 1.54) is 43.2 Å². The maximum atomic E-state index is 10.0. The third kappa shape index (κ3) is 2.65. The zero-order valence-corrected chi connectivity index (χ0v) is 14.4. The Bertz CT molecular complexity index is 590. The van der Waals surface area contributed by atoms with Gasteiger partial charge in [-0.15, -0.1) is 0 Å². The third-order valence-electron chi connectivity index (χ3n) is 6.69. The van der Waals surface area contributed by atoms with Crippen molar-refractivity contribution in [1.29, 1.82) is 0 Å². The number of aromatic hydroxyl groups is 1. The van der Waals surface area contributed by atoms with Crippen LogP contribution in [0.5, 0.6) is 5.75 Å². The number of hydrogen-bond donors (Lipinski definition) is 2. The lowest BCUT2D eigenvalue weighted by molar-refractivity contribution is -0.0263. The van der Waals surface area contributed by atoms with E-state index >= 15 is 0 Å².